The zero-order chi connectivity index (χ0) is 20.0. The first-order valence-electron chi connectivity index (χ1n) is 8.18. The summed E-state index contributed by atoms with van der Waals surface area (Å²) in [6.45, 7) is 3.74. The molecule has 3 N–H and O–H groups in total. The molecule has 8 heteroatoms. The molecule has 0 saturated heterocycles. The summed E-state index contributed by atoms with van der Waals surface area (Å²) in [5, 5.41) is 3.27. The number of nitrogens with one attached hydrogen (secondary N) is 3. The minimum atomic E-state index is -0.455. The molecule has 0 heterocycles. The molecule has 0 bridgehead atoms. The number of carbonyl (C=O) groups excluding carboxylic acids is 3. The van der Waals surface area contributed by atoms with E-state index in [4.69, 9.17) is 11.6 Å². The zero-order valence-electron chi connectivity index (χ0n) is 14.9. The van der Waals surface area contributed by atoms with Crippen LogP contribution in [0.1, 0.15) is 34.3 Å². The van der Waals surface area contributed by atoms with Crippen molar-refractivity contribution in [1.82, 2.24) is 10.9 Å². The van der Waals surface area contributed by atoms with Gasteiger partial charge in [0.2, 0.25) is 11.8 Å². The third-order valence-corrected chi connectivity index (χ3v) is 5.44. The Balaban J connectivity index is 1.78. The molecular formula is C19H19ClIN3O3. The second kappa shape index (κ2) is 9.70. The van der Waals surface area contributed by atoms with Crippen molar-refractivity contribution in [2.45, 2.75) is 26.7 Å². The molecule has 0 saturated carbocycles. The molecule has 27 heavy (non-hydrogen) atoms. The maximum atomic E-state index is 12.0. The predicted molar refractivity (Wildman–Crippen MR) is 114 cm³/mol. The number of rotatable bonds is 5. The first-order valence-corrected chi connectivity index (χ1v) is 9.64. The molecule has 0 fully saturated rings. The minimum Gasteiger partial charge on any atom is -0.326 e. The lowest BCUT2D eigenvalue weighted by Gasteiger charge is -2.10. The van der Waals surface area contributed by atoms with E-state index in [0.717, 1.165) is 14.7 Å². The molecule has 0 unspecified atom stereocenters. The number of benzene rings is 2. The largest absolute Gasteiger partial charge is 0.326 e. The van der Waals surface area contributed by atoms with Crippen molar-refractivity contribution in [3.8, 4) is 0 Å². The highest BCUT2D eigenvalue weighted by molar-refractivity contribution is 14.1. The fourth-order valence-corrected chi connectivity index (χ4v) is 2.87. The third kappa shape index (κ3) is 6.21. The molecule has 0 atom stereocenters. The number of hydrogen-bond donors (Lipinski definition) is 3. The van der Waals surface area contributed by atoms with E-state index in [9.17, 15) is 14.4 Å². The number of aryl methyl sites for hydroxylation is 1. The number of anilines is 1. The van der Waals surface area contributed by atoms with Gasteiger partial charge < -0.3 is 5.32 Å². The van der Waals surface area contributed by atoms with Gasteiger partial charge in [-0.15, -0.1) is 0 Å². The normalized spacial score (nSPS) is 10.2. The molecule has 0 aliphatic carbocycles. The van der Waals surface area contributed by atoms with Gasteiger partial charge in [-0.2, -0.15) is 0 Å². The van der Waals surface area contributed by atoms with Gasteiger partial charge in [-0.3, -0.25) is 25.2 Å². The van der Waals surface area contributed by atoms with Crippen molar-refractivity contribution < 1.29 is 14.4 Å². The van der Waals surface area contributed by atoms with E-state index in [1.165, 1.54) is 0 Å². The number of carbonyl (C=O) groups is 3. The summed E-state index contributed by atoms with van der Waals surface area (Å²) < 4.78 is 0.958. The molecule has 2 aromatic rings. The summed E-state index contributed by atoms with van der Waals surface area (Å²) in [7, 11) is 0. The van der Waals surface area contributed by atoms with Crippen LogP contribution in [0.25, 0.3) is 0 Å². The van der Waals surface area contributed by atoms with Crippen LogP contribution in [-0.2, 0) is 9.59 Å². The Morgan fingerprint density at radius 2 is 1.70 bits per heavy atom. The highest BCUT2D eigenvalue weighted by Gasteiger charge is 2.11. The van der Waals surface area contributed by atoms with E-state index in [1.54, 1.807) is 37.3 Å². The minimum absolute atomic E-state index is 0.0178. The SMILES string of the molecule is Cc1ccc(C(=O)NNC(=O)CCC(=O)Nc2cccc(Cl)c2C)cc1I. The molecule has 0 spiro atoms. The zero-order valence-corrected chi connectivity index (χ0v) is 17.8. The Morgan fingerprint density at radius 1 is 1.00 bits per heavy atom. The Kier molecular flexibility index (Phi) is 7.61. The van der Waals surface area contributed by atoms with Crippen molar-refractivity contribution in [2.75, 3.05) is 5.32 Å². The molecule has 6 nitrogen and oxygen atoms in total. The van der Waals surface area contributed by atoms with E-state index in [1.807, 2.05) is 13.0 Å². The van der Waals surface area contributed by atoms with Gasteiger partial charge >= 0.3 is 0 Å². The van der Waals surface area contributed by atoms with Crippen LogP contribution in [-0.4, -0.2) is 17.7 Å². The Morgan fingerprint density at radius 3 is 2.41 bits per heavy atom. The maximum absolute atomic E-state index is 12.0. The average molecular weight is 500 g/mol. The van der Waals surface area contributed by atoms with Crippen LogP contribution in [0.2, 0.25) is 5.02 Å². The van der Waals surface area contributed by atoms with Crippen LogP contribution in [0.3, 0.4) is 0 Å². The van der Waals surface area contributed by atoms with Crippen LogP contribution in [0.15, 0.2) is 36.4 Å². The lowest BCUT2D eigenvalue weighted by atomic mass is 10.1. The van der Waals surface area contributed by atoms with Crippen molar-refractivity contribution in [3.63, 3.8) is 0 Å². The quantitative estimate of drug-likeness (QED) is 0.433. The van der Waals surface area contributed by atoms with E-state index < -0.39 is 11.8 Å². The van der Waals surface area contributed by atoms with E-state index >= 15 is 0 Å². The lowest BCUT2D eigenvalue weighted by molar-refractivity contribution is -0.124. The second-order valence-electron chi connectivity index (χ2n) is 5.93. The molecule has 0 aliphatic rings. The topological polar surface area (TPSA) is 87.3 Å². The van der Waals surface area contributed by atoms with E-state index in [2.05, 4.69) is 38.8 Å². The molecule has 2 aromatic carbocycles. The molecule has 142 valence electrons. The van der Waals surface area contributed by atoms with Gasteiger partial charge in [-0.1, -0.05) is 23.7 Å². The second-order valence-corrected chi connectivity index (χ2v) is 7.50. The maximum Gasteiger partial charge on any atom is 0.269 e. The standard InChI is InChI=1S/C19H19ClIN3O3/c1-11-6-7-13(10-15(11)21)19(27)24-23-18(26)9-8-17(25)22-16-5-3-4-14(20)12(16)2/h3-7,10H,8-9H2,1-2H3,(H,22,25)(H,23,26)(H,24,27). The number of halogens is 2. The molecule has 0 aromatic heterocycles. The first-order chi connectivity index (χ1) is 12.8. The Labute approximate surface area is 176 Å². The van der Waals surface area contributed by atoms with Gasteiger partial charge in [-0.05, 0) is 71.8 Å². The molecular weight excluding hydrogens is 481 g/mol. The van der Waals surface area contributed by atoms with E-state index in [-0.39, 0.29) is 18.7 Å². The fraction of sp³-hybridized carbons (Fsp3) is 0.211. The Hall–Kier alpha value is -2.13. The molecule has 3 amide bonds. The van der Waals surface area contributed by atoms with Gasteiger partial charge in [0.25, 0.3) is 5.91 Å². The first kappa shape index (κ1) is 21.2. The van der Waals surface area contributed by atoms with Crippen molar-refractivity contribution >= 4 is 57.6 Å². The summed E-state index contributed by atoms with van der Waals surface area (Å²) in [5.41, 5.74) is 7.54. The van der Waals surface area contributed by atoms with Gasteiger partial charge in [0.1, 0.15) is 0 Å². The summed E-state index contributed by atoms with van der Waals surface area (Å²) in [4.78, 5) is 35.9. The smallest absolute Gasteiger partial charge is 0.269 e. The average Bonchev–Trinajstić information content (AvgIpc) is 2.64. The van der Waals surface area contributed by atoms with Crippen LogP contribution in [0.5, 0.6) is 0 Å². The van der Waals surface area contributed by atoms with Gasteiger partial charge in [-0.25, -0.2) is 0 Å². The molecule has 0 radical (unpaired) electrons. The van der Waals surface area contributed by atoms with Crippen molar-refractivity contribution in [1.29, 1.82) is 0 Å². The number of amides is 3. The predicted octanol–water partition coefficient (Wildman–Crippen LogP) is 3.74. The molecule has 2 rings (SSSR count). The summed E-state index contributed by atoms with van der Waals surface area (Å²) in [5.74, 6) is -1.18. The monoisotopic (exact) mass is 499 g/mol. The molecule has 0 aliphatic heterocycles. The van der Waals surface area contributed by atoms with Crippen LogP contribution in [0, 0.1) is 17.4 Å². The summed E-state index contributed by atoms with van der Waals surface area (Å²) >= 11 is 8.15. The van der Waals surface area contributed by atoms with Crippen molar-refractivity contribution in [3.05, 3.63) is 61.7 Å². The summed E-state index contributed by atoms with van der Waals surface area (Å²) in [6, 6.07) is 10.5. The van der Waals surface area contributed by atoms with Gasteiger partial charge in [0.15, 0.2) is 0 Å². The summed E-state index contributed by atoms with van der Waals surface area (Å²) in [6.07, 6.45) is -0.0761. The number of hydrogen-bond acceptors (Lipinski definition) is 3. The fourth-order valence-electron chi connectivity index (χ4n) is 2.18. The lowest BCUT2D eigenvalue weighted by Crippen LogP contribution is -2.41. The highest BCUT2D eigenvalue weighted by Crippen LogP contribution is 2.23. The highest BCUT2D eigenvalue weighted by atomic mass is 127. The van der Waals surface area contributed by atoms with Crippen LogP contribution < -0.4 is 16.2 Å². The van der Waals surface area contributed by atoms with E-state index in [0.29, 0.717) is 16.3 Å². The number of hydrazine groups is 1. The van der Waals surface area contributed by atoms with Crippen molar-refractivity contribution in [2.24, 2.45) is 0 Å². The van der Waals surface area contributed by atoms with Gasteiger partial charge in [0, 0.05) is 32.7 Å². The third-order valence-electron chi connectivity index (χ3n) is 3.87. The van der Waals surface area contributed by atoms with Gasteiger partial charge in [0.05, 0.1) is 0 Å². The van der Waals surface area contributed by atoms with Crippen LogP contribution in [0.4, 0.5) is 5.69 Å². The Bertz CT molecular complexity index is 886. The van der Waals surface area contributed by atoms with Crippen LogP contribution >= 0.6 is 34.2 Å².